The van der Waals surface area contributed by atoms with Crippen LogP contribution in [0.25, 0.3) is 17.1 Å². The number of fused-ring (bicyclic) bond motifs is 3. The Morgan fingerprint density at radius 3 is 2.51 bits per heavy atom. The van der Waals surface area contributed by atoms with Gasteiger partial charge in [-0.1, -0.05) is 66.7 Å². The number of rotatable bonds is 7. The zero-order valence-corrected chi connectivity index (χ0v) is 25.7. The minimum atomic E-state index is -5.86. The Balaban J connectivity index is 1.06. The SMILES string of the molecule is CC1C=C2CS/C(=N\C(=O)OCC(F)c3ccc(-c4ncn(-c5ccc(OC(F)(F)C(F)(F)F)cc5)n4)cc3)N2c2cc(Cl)ccc21. The molecule has 0 aliphatic carbocycles. The summed E-state index contributed by atoms with van der Waals surface area (Å²) in [5.41, 5.74) is 3.90. The van der Waals surface area contributed by atoms with Crippen LogP contribution in [0.1, 0.15) is 30.1 Å². The summed E-state index contributed by atoms with van der Waals surface area (Å²) in [6, 6.07) is 16.0. The first-order chi connectivity index (χ1) is 22.3. The Morgan fingerprint density at radius 1 is 1.09 bits per heavy atom. The number of hydrogen-bond donors (Lipinski definition) is 0. The second-order valence-corrected chi connectivity index (χ2v) is 11.8. The van der Waals surface area contributed by atoms with E-state index < -0.39 is 36.9 Å². The molecule has 16 heteroatoms. The van der Waals surface area contributed by atoms with Gasteiger partial charge in [-0.05, 0) is 47.5 Å². The zero-order valence-electron chi connectivity index (χ0n) is 24.1. The van der Waals surface area contributed by atoms with Gasteiger partial charge < -0.3 is 9.47 Å². The number of anilines is 1. The number of allylic oxidation sites excluding steroid dienone is 1. The second kappa shape index (κ2) is 12.6. The molecule has 3 aromatic carbocycles. The standard InChI is InChI=1S/C31H22ClF6N5O3S/c1-17-12-22-15-47-28(43(22)26-13-20(32)6-11-24(17)26)40-29(44)45-14-25(33)18-2-4-19(5-3-18)27-39-16-42(41-27)21-7-9-23(10-8-21)46-31(37,38)30(34,35)36/h2-13,16-17,25H,14-15H2,1H3/b40-28-. The number of amidine groups is 1. The summed E-state index contributed by atoms with van der Waals surface area (Å²) in [6.45, 7) is 1.51. The lowest BCUT2D eigenvalue weighted by molar-refractivity contribution is -0.360. The fourth-order valence-corrected chi connectivity index (χ4v) is 6.06. The van der Waals surface area contributed by atoms with Crippen molar-refractivity contribution in [1.29, 1.82) is 0 Å². The number of carbonyl (C=O) groups is 1. The highest BCUT2D eigenvalue weighted by Crippen LogP contribution is 2.44. The number of carbonyl (C=O) groups excluding carboxylic acids is 1. The van der Waals surface area contributed by atoms with E-state index in [4.69, 9.17) is 16.3 Å². The molecule has 2 atom stereocenters. The molecule has 0 saturated carbocycles. The molecule has 8 nitrogen and oxygen atoms in total. The molecule has 1 amide bonds. The Kier molecular flexibility index (Phi) is 8.70. The van der Waals surface area contributed by atoms with E-state index in [1.807, 2.05) is 23.1 Å². The molecule has 2 aliphatic rings. The third kappa shape index (κ3) is 6.81. The third-order valence-electron chi connectivity index (χ3n) is 7.23. The van der Waals surface area contributed by atoms with Gasteiger partial charge in [-0.25, -0.2) is 18.9 Å². The summed E-state index contributed by atoms with van der Waals surface area (Å²) in [5.74, 6) is 0.320. The molecule has 1 fully saturated rings. The quantitative estimate of drug-likeness (QED) is 0.179. The van der Waals surface area contributed by atoms with E-state index in [-0.39, 0.29) is 17.3 Å². The van der Waals surface area contributed by atoms with Crippen LogP contribution in [0.5, 0.6) is 5.75 Å². The van der Waals surface area contributed by atoms with Crippen molar-refractivity contribution in [3.8, 4) is 22.8 Å². The van der Waals surface area contributed by atoms with E-state index >= 15 is 4.39 Å². The number of ether oxygens (including phenoxy) is 2. The molecular formula is C31H22ClF6N5O3S. The molecule has 6 rings (SSSR count). The van der Waals surface area contributed by atoms with Crippen molar-refractivity contribution >= 4 is 40.3 Å². The molecule has 0 bridgehead atoms. The van der Waals surface area contributed by atoms with Gasteiger partial charge in [0.2, 0.25) is 0 Å². The van der Waals surface area contributed by atoms with Gasteiger partial charge >= 0.3 is 18.4 Å². The first-order valence-corrected chi connectivity index (χ1v) is 15.2. The van der Waals surface area contributed by atoms with Crippen molar-refractivity contribution in [2.45, 2.75) is 31.3 Å². The highest BCUT2D eigenvalue weighted by atomic mass is 35.5. The van der Waals surface area contributed by atoms with Gasteiger partial charge in [0.25, 0.3) is 0 Å². The van der Waals surface area contributed by atoms with Crippen molar-refractivity contribution in [2.24, 2.45) is 4.99 Å². The van der Waals surface area contributed by atoms with Crippen LogP contribution in [0.2, 0.25) is 5.02 Å². The summed E-state index contributed by atoms with van der Waals surface area (Å²) >= 11 is 7.60. The Labute approximate surface area is 272 Å². The van der Waals surface area contributed by atoms with Crippen molar-refractivity contribution in [1.82, 2.24) is 14.8 Å². The number of thioether (sulfide) groups is 1. The molecule has 2 unspecified atom stereocenters. The number of nitrogens with zero attached hydrogens (tertiary/aromatic N) is 5. The molecule has 0 N–H and O–H groups in total. The van der Waals surface area contributed by atoms with Gasteiger partial charge in [-0.3, -0.25) is 4.90 Å². The van der Waals surface area contributed by atoms with Crippen molar-refractivity contribution in [2.75, 3.05) is 17.3 Å². The molecule has 0 spiro atoms. The number of aromatic nitrogens is 3. The Bertz CT molecular complexity index is 1860. The van der Waals surface area contributed by atoms with Gasteiger partial charge in [0.05, 0.1) is 11.4 Å². The normalized spacial score (nSPS) is 17.6. The number of amides is 1. The molecule has 1 saturated heterocycles. The summed E-state index contributed by atoms with van der Waals surface area (Å²) in [4.78, 5) is 22.7. The second-order valence-electron chi connectivity index (χ2n) is 10.5. The van der Waals surface area contributed by atoms with Gasteiger partial charge in [0.15, 0.2) is 17.2 Å². The molecular weight excluding hydrogens is 672 g/mol. The third-order valence-corrected chi connectivity index (χ3v) is 8.44. The van der Waals surface area contributed by atoms with Crippen LogP contribution >= 0.6 is 23.4 Å². The highest BCUT2D eigenvalue weighted by Gasteiger charge is 2.61. The minimum Gasteiger partial charge on any atom is -0.444 e. The molecule has 1 aromatic heterocycles. The summed E-state index contributed by atoms with van der Waals surface area (Å²) in [5, 5.41) is 5.23. The number of hydrogen-bond acceptors (Lipinski definition) is 6. The van der Waals surface area contributed by atoms with E-state index in [0.29, 0.717) is 27.2 Å². The lowest BCUT2D eigenvalue weighted by Crippen LogP contribution is -2.41. The van der Waals surface area contributed by atoms with Crippen molar-refractivity contribution in [3.63, 3.8) is 0 Å². The molecule has 4 aromatic rings. The molecule has 244 valence electrons. The summed E-state index contributed by atoms with van der Waals surface area (Å²) in [7, 11) is 0. The Morgan fingerprint density at radius 2 is 1.81 bits per heavy atom. The first kappa shape index (κ1) is 32.4. The maximum Gasteiger partial charge on any atom is 0.499 e. The van der Waals surface area contributed by atoms with Gasteiger partial charge in [-0.15, -0.1) is 5.10 Å². The van der Waals surface area contributed by atoms with Gasteiger partial charge in [-0.2, -0.15) is 26.9 Å². The predicted molar refractivity (Wildman–Crippen MR) is 164 cm³/mol. The largest absolute Gasteiger partial charge is 0.499 e. The topological polar surface area (TPSA) is 81.8 Å². The van der Waals surface area contributed by atoms with Crippen LogP contribution in [0, 0.1) is 0 Å². The summed E-state index contributed by atoms with van der Waals surface area (Å²) in [6.07, 6.45) is -10.4. The van der Waals surface area contributed by atoms with E-state index in [0.717, 1.165) is 29.1 Å². The van der Waals surface area contributed by atoms with Crippen LogP contribution < -0.4 is 9.64 Å². The van der Waals surface area contributed by atoms with E-state index in [1.54, 1.807) is 12.1 Å². The van der Waals surface area contributed by atoms with Crippen LogP contribution in [0.15, 0.2) is 89.8 Å². The number of alkyl halides is 6. The van der Waals surface area contributed by atoms with Crippen molar-refractivity contribution in [3.05, 3.63) is 101 Å². The average Bonchev–Trinajstić information content (AvgIpc) is 3.67. The van der Waals surface area contributed by atoms with Gasteiger partial charge in [0.1, 0.15) is 18.7 Å². The lowest BCUT2D eigenvalue weighted by Gasteiger charge is -2.29. The lowest BCUT2D eigenvalue weighted by atomic mass is 9.94. The van der Waals surface area contributed by atoms with E-state index in [9.17, 15) is 26.7 Å². The maximum atomic E-state index is 15.0. The summed E-state index contributed by atoms with van der Waals surface area (Å²) < 4.78 is 88.6. The van der Waals surface area contributed by atoms with E-state index in [1.165, 1.54) is 47.0 Å². The fraction of sp³-hybridized carbons (Fsp3) is 0.226. The zero-order chi connectivity index (χ0) is 33.5. The van der Waals surface area contributed by atoms with Crippen LogP contribution in [0.3, 0.4) is 0 Å². The minimum absolute atomic E-state index is 0.168. The molecule has 2 aliphatic heterocycles. The van der Waals surface area contributed by atoms with E-state index in [2.05, 4.69) is 32.8 Å². The number of aliphatic imine (C=N–C) groups is 1. The van der Waals surface area contributed by atoms with Gasteiger partial charge in [0, 0.05) is 28.0 Å². The van der Waals surface area contributed by atoms with Crippen LogP contribution in [-0.2, 0) is 4.74 Å². The number of halogens is 7. The predicted octanol–water partition coefficient (Wildman–Crippen LogP) is 8.88. The highest BCUT2D eigenvalue weighted by molar-refractivity contribution is 8.14. The van der Waals surface area contributed by atoms with Crippen molar-refractivity contribution < 1.29 is 40.6 Å². The average molecular weight is 694 g/mol. The smallest absolute Gasteiger partial charge is 0.444 e. The first-order valence-electron chi connectivity index (χ1n) is 13.9. The fourth-order valence-electron chi connectivity index (χ4n) is 4.91. The monoisotopic (exact) mass is 693 g/mol. The van der Waals surface area contributed by atoms with Crippen LogP contribution in [0.4, 0.5) is 36.8 Å². The Hall–Kier alpha value is -4.50. The molecule has 47 heavy (non-hydrogen) atoms. The maximum absolute atomic E-state index is 15.0. The molecule has 0 radical (unpaired) electrons. The molecule has 3 heterocycles. The van der Waals surface area contributed by atoms with Crippen LogP contribution in [-0.4, -0.2) is 50.7 Å². The number of benzene rings is 3.